The maximum Gasteiger partial charge on any atom is 0.338 e. The summed E-state index contributed by atoms with van der Waals surface area (Å²) in [6.45, 7) is 12.2. The van der Waals surface area contributed by atoms with Gasteiger partial charge in [0.15, 0.2) is 0 Å². The second kappa shape index (κ2) is 6.48. The second-order valence-electron chi connectivity index (χ2n) is 5.43. The fourth-order valence-corrected chi connectivity index (χ4v) is 1.96. The molecule has 4 nitrogen and oxygen atoms in total. The van der Waals surface area contributed by atoms with E-state index in [4.69, 9.17) is 9.47 Å². The predicted octanol–water partition coefficient (Wildman–Crippen LogP) is 4.11. The topological polar surface area (TPSA) is 52.6 Å². The first-order valence-electron chi connectivity index (χ1n) is 7.08. The average molecular weight is 310 g/mol. The van der Waals surface area contributed by atoms with Crippen LogP contribution in [0.25, 0.3) is 10.8 Å². The van der Waals surface area contributed by atoms with Crippen LogP contribution in [-0.2, 0) is 9.59 Å². The van der Waals surface area contributed by atoms with Crippen LogP contribution in [0.1, 0.15) is 19.4 Å². The molecule has 23 heavy (non-hydrogen) atoms. The first kappa shape index (κ1) is 16.5. The number of ether oxygens (including phenoxy) is 2. The third-order valence-electron chi connectivity index (χ3n) is 3.24. The number of hydrogen-bond donors (Lipinski definition) is 0. The summed E-state index contributed by atoms with van der Waals surface area (Å²) in [5.41, 5.74) is 1.48. The highest BCUT2D eigenvalue weighted by Crippen LogP contribution is 2.32. The quantitative estimate of drug-likeness (QED) is 0.484. The number of carbonyl (C=O) groups excluding carboxylic acids is 2. The van der Waals surface area contributed by atoms with Gasteiger partial charge in [-0.1, -0.05) is 25.3 Å². The van der Waals surface area contributed by atoms with Crippen molar-refractivity contribution in [3.05, 3.63) is 60.2 Å². The lowest BCUT2D eigenvalue weighted by molar-refractivity contribution is -0.130. The summed E-state index contributed by atoms with van der Waals surface area (Å²) in [7, 11) is 0. The third kappa shape index (κ3) is 3.66. The number of fused-ring (bicyclic) bond motifs is 1. The normalized spacial score (nSPS) is 10.2. The van der Waals surface area contributed by atoms with Gasteiger partial charge >= 0.3 is 11.9 Å². The molecular weight excluding hydrogens is 292 g/mol. The lowest BCUT2D eigenvalue weighted by Crippen LogP contribution is -2.10. The molecule has 0 aliphatic heterocycles. The fraction of sp³-hybridized carbons (Fsp3) is 0.158. The summed E-state index contributed by atoms with van der Waals surface area (Å²) in [6.07, 6.45) is 0. The van der Waals surface area contributed by atoms with Gasteiger partial charge in [0.05, 0.1) is 0 Å². The molecule has 2 rings (SSSR count). The van der Waals surface area contributed by atoms with Crippen molar-refractivity contribution in [1.29, 1.82) is 0 Å². The summed E-state index contributed by atoms with van der Waals surface area (Å²) in [6, 6.07) is 8.84. The number of hydrogen-bond acceptors (Lipinski definition) is 4. The van der Waals surface area contributed by atoms with E-state index in [0.29, 0.717) is 22.6 Å². The fourth-order valence-electron chi connectivity index (χ4n) is 1.96. The Balaban J connectivity index is 2.44. The molecule has 0 radical (unpaired) electrons. The third-order valence-corrected chi connectivity index (χ3v) is 3.24. The van der Waals surface area contributed by atoms with Gasteiger partial charge in [-0.05, 0) is 49.9 Å². The largest absolute Gasteiger partial charge is 0.423 e. The maximum atomic E-state index is 11.8. The molecule has 0 saturated carbocycles. The Bertz CT molecular complexity index is 831. The lowest BCUT2D eigenvalue weighted by atomic mass is 10.1. The minimum Gasteiger partial charge on any atom is -0.423 e. The van der Waals surface area contributed by atoms with E-state index in [1.165, 1.54) is 0 Å². The van der Waals surface area contributed by atoms with Crippen LogP contribution in [-0.4, -0.2) is 11.9 Å². The highest BCUT2D eigenvalue weighted by Gasteiger charge is 2.13. The van der Waals surface area contributed by atoms with Crippen LogP contribution in [0.3, 0.4) is 0 Å². The van der Waals surface area contributed by atoms with E-state index < -0.39 is 11.9 Å². The Labute approximate surface area is 135 Å². The molecule has 0 saturated heterocycles. The lowest BCUT2D eigenvalue weighted by Gasteiger charge is -2.12. The van der Waals surface area contributed by atoms with Crippen molar-refractivity contribution in [2.24, 2.45) is 0 Å². The van der Waals surface area contributed by atoms with Crippen molar-refractivity contribution in [2.75, 3.05) is 0 Å². The molecule has 0 aliphatic carbocycles. The highest BCUT2D eigenvalue weighted by molar-refractivity contribution is 5.96. The van der Waals surface area contributed by atoms with Crippen LogP contribution < -0.4 is 9.47 Å². The zero-order valence-corrected chi connectivity index (χ0v) is 13.4. The van der Waals surface area contributed by atoms with E-state index in [1.807, 2.05) is 19.1 Å². The monoisotopic (exact) mass is 310 g/mol. The van der Waals surface area contributed by atoms with Gasteiger partial charge in [-0.25, -0.2) is 9.59 Å². The summed E-state index contributed by atoms with van der Waals surface area (Å²) in [5, 5.41) is 1.56. The minimum atomic E-state index is -0.481. The van der Waals surface area contributed by atoms with Crippen LogP contribution >= 0.6 is 0 Å². The zero-order valence-electron chi connectivity index (χ0n) is 13.4. The van der Waals surface area contributed by atoms with Crippen molar-refractivity contribution in [1.82, 2.24) is 0 Å². The molecule has 0 bridgehead atoms. The van der Waals surface area contributed by atoms with Crippen molar-refractivity contribution in [3.8, 4) is 11.5 Å². The van der Waals surface area contributed by atoms with Gasteiger partial charge in [0.2, 0.25) is 0 Å². The number of carbonyl (C=O) groups is 2. The molecule has 0 fully saturated rings. The summed E-state index contributed by atoms with van der Waals surface area (Å²) in [5.74, 6) is -0.0661. The van der Waals surface area contributed by atoms with E-state index in [1.54, 1.807) is 32.0 Å². The van der Waals surface area contributed by atoms with Crippen molar-refractivity contribution in [2.45, 2.75) is 20.8 Å². The molecule has 0 amide bonds. The maximum absolute atomic E-state index is 11.8. The summed E-state index contributed by atoms with van der Waals surface area (Å²) in [4.78, 5) is 23.4. The van der Waals surface area contributed by atoms with E-state index in [-0.39, 0.29) is 0 Å². The van der Waals surface area contributed by atoms with Crippen LogP contribution in [0.5, 0.6) is 11.5 Å². The molecule has 0 heterocycles. The second-order valence-corrected chi connectivity index (χ2v) is 5.43. The molecule has 0 unspecified atom stereocenters. The van der Waals surface area contributed by atoms with Crippen LogP contribution in [0, 0.1) is 6.92 Å². The molecule has 2 aromatic carbocycles. The first-order valence-corrected chi connectivity index (χ1v) is 7.08. The molecule has 0 spiro atoms. The predicted molar refractivity (Wildman–Crippen MR) is 89.6 cm³/mol. The molecule has 0 N–H and O–H groups in total. The van der Waals surface area contributed by atoms with E-state index in [0.717, 1.165) is 16.3 Å². The molecule has 118 valence electrons. The van der Waals surface area contributed by atoms with E-state index >= 15 is 0 Å². The average Bonchev–Trinajstić information content (AvgIpc) is 2.49. The van der Waals surface area contributed by atoms with Gasteiger partial charge in [-0.3, -0.25) is 0 Å². The molecule has 4 heteroatoms. The summed E-state index contributed by atoms with van der Waals surface area (Å²) >= 11 is 0. The Hall–Kier alpha value is -2.88. The Morgan fingerprint density at radius 3 is 2.13 bits per heavy atom. The van der Waals surface area contributed by atoms with E-state index in [9.17, 15) is 9.59 Å². The van der Waals surface area contributed by atoms with Crippen molar-refractivity contribution >= 4 is 22.7 Å². The Morgan fingerprint density at radius 2 is 1.52 bits per heavy atom. The minimum absolute atomic E-state index is 0.324. The smallest absolute Gasteiger partial charge is 0.338 e. The first-order chi connectivity index (χ1) is 10.8. The number of esters is 2. The molecule has 0 aliphatic rings. The van der Waals surface area contributed by atoms with Gasteiger partial charge in [-0.15, -0.1) is 0 Å². The Kier molecular flexibility index (Phi) is 4.65. The number of aryl methyl sites for hydroxylation is 1. The number of benzene rings is 2. The molecular formula is C19H18O4. The molecule has 2 aromatic rings. The van der Waals surface area contributed by atoms with Crippen molar-refractivity contribution < 1.29 is 19.1 Å². The van der Waals surface area contributed by atoms with E-state index in [2.05, 4.69) is 13.2 Å². The van der Waals surface area contributed by atoms with Gasteiger partial charge in [-0.2, -0.15) is 0 Å². The zero-order chi connectivity index (χ0) is 17.1. The SMILES string of the molecule is C=C(C)C(=O)Oc1ccc2c(OC(=O)C(=C)C)c(C)ccc2c1. The summed E-state index contributed by atoms with van der Waals surface area (Å²) < 4.78 is 10.6. The van der Waals surface area contributed by atoms with Gasteiger partial charge in [0, 0.05) is 16.5 Å². The van der Waals surface area contributed by atoms with Gasteiger partial charge in [0.25, 0.3) is 0 Å². The Morgan fingerprint density at radius 1 is 0.913 bits per heavy atom. The van der Waals surface area contributed by atoms with Crippen LogP contribution in [0.4, 0.5) is 0 Å². The van der Waals surface area contributed by atoms with Crippen LogP contribution in [0.15, 0.2) is 54.6 Å². The number of rotatable bonds is 4. The van der Waals surface area contributed by atoms with Crippen molar-refractivity contribution in [3.63, 3.8) is 0 Å². The highest BCUT2D eigenvalue weighted by atomic mass is 16.5. The van der Waals surface area contributed by atoms with Gasteiger partial charge < -0.3 is 9.47 Å². The molecule has 0 aromatic heterocycles. The van der Waals surface area contributed by atoms with Gasteiger partial charge in [0.1, 0.15) is 11.5 Å². The molecule has 0 atom stereocenters. The standard InChI is InChI=1S/C19H18O4/c1-11(2)18(20)22-15-8-9-16-14(10-15)7-6-13(5)17(16)23-19(21)12(3)4/h6-10H,1,3H2,2,4-5H3. The van der Waals surface area contributed by atoms with Crippen LogP contribution in [0.2, 0.25) is 0 Å².